The fourth-order valence-electron chi connectivity index (χ4n) is 8.48. The summed E-state index contributed by atoms with van der Waals surface area (Å²) in [6.45, 7) is 7.40. The number of aromatic nitrogens is 4. The summed E-state index contributed by atoms with van der Waals surface area (Å²) in [5, 5.41) is 32.7. The van der Waals surface area contributed by atoms with E-state index in [2.05, 4.69) is 45.9 Å². The summed E-state index contributed by atoms with van der Waals surface area (Å²) < 4.78 is 1.91. The SMILES string of the molecule is O=C1CCC(N2C(=O)c3ccc(Nc4cnn(CCN5CCC(N6CCN7c8cc(-c9ccccc9O)nnc8NCC7C6)CC5)c4)cc3C2=O)C(=O)N1. The third kappa shape index (κ3) is 6.30. The highest BCUT2D eigenvalue weighted by molar-refractivity contribution is 6.23. The number of likely N-dealkylation sites (tertiary alicyclic amines) is 1. The van der Waals surface area contributed by atoms with Crippen LogP contribution in [0.3, 0.4) is 0 Å². The van der Waals surface area contributed by atoms with Crippen LogP contribution >= 0.6 is 0 Å². The van der Waals surface area contributed by atoms with Crippen LogP contribution in [0.4, 0.5) is 22.9 Å². The van der Waals surface area contributed by atoms with Gasteiger partial charge in [-0.2, -0.15) is 5.10 Å². The second-order valence-corrected chi connectivity index (χ2v) is 14.6. The van der Waals surface area contributed by atoms with E-state index < -0.39 is 29.7 Å². The molecule has 5 aliphatic heterocycles. The van der Waals surface area contributed by atoms with Crippen molar-refractivity contribution < 1.29 is 24.3 Å². The van der Waals surface area contributed by atoms with Crippen molar-refractivity contribution in [2.75, 3.05) is 61.3 Å². The van der Waals surface area contributed by atoms with E-state index in [0.717, 1.165) is 87.3 Å². The van der Waals surface area contributed by atoms with E-state index in [1.807, 2.05) is 29.1 Å². The zero-order valence-corrected chi connectivity index (χ0v) is 29.6. The zero-order valence-electron chi connectivity index (χ0n) is 29.6. The van der Waals surface area contributed by atoms with Gasteiger partial charge in [-0.15, -0.1) is 10.2 Å². The number of nitrogens with one attached hydrogen (secondary N) is 3. The number of phenols is 1. The summed E-state index contributed by atoms with van der Waals surface area (Å²) in [6, 6.07) is 14.1. The molecular weight excluding hydrogens is 690 g/mol. The van der Waals surface area contributed by atoms with Crippen LogP contribution < -0.4 is 20.9 Å². The lowest BCUT2D eigenvalue weighted by atomic mass is 9.99. The summed E-state index contributed by atoms with van der Waals surface area (Å²) >= 11 is 0. The molecule has 2 aromatic heterocycles. The highest BCUT2D eigenvalue weighted by Crippen LogP contribution is 2.37. The van der Waals surface area contributed by atoms with Gasteiger partial charge in [0.25, 0.3) is 11.8 Å². The number of imide groups is 2. The molecule has 0 radical (unpaired) electrons. The Bertz CT molecular complexity index is 2150. The molecule has 7 heterocycles. The number of benzene rings is 2. The van der Waals surface area contributed by atoms with Gasteiger partial charge in [-0.25, -0.2) is 0 Å². The smallest absolute Gasteiger partial charge is 0.262 e. The normalized spacial score (nSPS) is 22.1. The third-order valence-electron chi connectivity index (χ3n) is 11.4. The molecule has 3 fully saturated rings. The molecule has 0 saturated carbocycles. The Balaban J connectivity index is 0.754. The molecule has 2 atom stereocenters. The molecule has 3 saturated heterocycles. The van der Waals surface area contributed by atoms with E-state index in [-0.39, 0.29) is 29.7 Å². The number of phenolic OH excluding ortho intramolecular Hbond substituents is 1. The van der Waals surface area contributed by atoms with E-state index in [0.29, 0.717) is 29.0 Å². The van der Waals surface area contributed by atoms with Gasteiger partial charge in [-0.1, -0.05) is 12.1 Å². The predicted molar refractivity (Wildman–Crippen MR) is 198 cm³/mol. The van der Waals surface area contributed by atoms with Gasteiger partial charge < -0.3 is 25.5 Å². The van der Waals surface area contributed by atoms with Crippen molar-refractivity contribution >= 4 is 46.5 Å². The molecular formula is C38H41N11O5. The Labute approximate surface area is 311 Å². The number of piperazine rings is 1. The Kier molecular flexibility index (Phi) is 8.70. The number of piperidine rings is 2. The monoisotopic (exact) mass is 731 g/mol. The largest absolute Gasteiger partial charge is 0.507 e. The molecule has 4 N–H and O–H groups in total. The van der Waals surface area contributed by atoms with Crippen LogP contribution in [-0.2, 0) is 16.1 Å². The number of carbonyl (C=O) groups excluding carboxylic acids is 4. The maximum absolute atomic E-state index is 13.2. The molecule has 0 bridgehead atoms. The van der Waals surface area contributed by atoms with Crippen LogP contribution in [0.2, 0.25) is 0 Å². The van der Waals surface area contributed by atoms with E-state index in [9.17, 15) is 24.3 Å². The van der Waals surface area contributed by atoms with Gasteiger partial charge in [0.05, 0.1) is 47.0 Å². The van der Waals surface area contributed by atoms with Gasteiger partial charge in [0.2, 0.25) is 11.8 Å². The summed E-state index contributed by atoms with van der Waals surface area (Å²) in [7, 11) is 0. The maximum atomic E-state index is 13.2. The van der Waals surface area contributed by atoms with Crippen LogP contribution in [0.15, 0.2) is 60.9 Å². The van der Waals surface area contributed by atoms with Crippen LogP contribution in [0.1, 0.15) is 46.4 Å². The van der Waals surface area contributed by atoms with E-state index in [1.54, 1.807) is 36.5 Å². The minimum absolute atomic E-state index is 0.0771. The number of aromatic hydroxyl groups is 1. The molecule has 9 rings (SSSR count). The first-order valence-electron chi connectivity index (χ1n) is 18.6. The van der Waals surface area contributed by atoms with Gasteiger partial charge in [-0.05, 0) is 68.8 Å². The topological polar surface area (TPSA) is 181 Å². The fraction of sp³-hybridized carbons (Fsp3) is 0.395. The van der Waals surface area contributed by atoms with E-state index in [1.165, 1.54) is 0 Å². The Morgan fingerprint density at radius 3 is 2.50 bits per heavy atom. The second kappa shape index (κ2) is 13.8. The number of hydrogen-bond donors (Lipinski definition) is 4. The molecule has 16 heteroatoms. The lowest BCUT2D eigenvalue weighted by Gasteiger charge is -2.49. The van der Waals surface area contributed by atoms with Crippen molar-refractivity contribution in [1.29, 1.82) is 0 Å². The molecule has 4 aromatic rings. The average Bonchev–Trinajstić information content (AvgIpc) is 3.74. The molecule has 2 unspecified atom stereocenters. The zero-order chi connectivity index (χ0) is 36.9. The van der Waals surface area contributed by atoms with Crippen molar-refractivity contribution in [3.63, 3.8) is 0 Å². The third-order valence-corrected chi connectivity index (χ3v) is 11.4. The van der Waals surface area contributed by atoms with Gasteiger partial charge in [0.1, 0.15) is 11.8 Å². The van der Waals surface area contributed by atoms with Crippen molar-refractivity contribution in [3.05, 3.63) is 72.1 Å². The Morgan fingerprint density at radius 1 is 0.833 bits per heavy atom. The number of nitrogens with zero attached hydrogens (tertiary/aromatic N) is 8. The van der Waals surface area contributed by atoms with Gasteiger partial charge >= 0.3 is 0 Å². The van der Waals surface area contributed by atoms with E-state index >= 15 is 0 Å². The quantitative estimate of drug-likeness (QED) is 0.194. The summed E-state index contributed by atoms with van der Waals surface area (Å²) in [5.74, 6) is -1.11. The average molecular weight is 732 g/mol. The fourth-order valence-corrected chi connectivity index (χ4v) is 8.48. The summed E-state index contributed by atoms with van der Waals surface area (Å²) in [4.78, 5) is 58.8. The van der Waals surface area contributed by atoms with Crippen molar-refractivity contribution in [3.8, 4) is 17.0 Å². The first-order chi connectivity index (χ1) is 26.3. The molecule has 4 amide bonds. The minimum atomic E-state index is -0.997. The molecule has 278 valence electrons. The van der Waals surface area contributed by atoms with Crippen LogP contribution in [0, 0.1) is 0 Å². The Hall–Kier alpha value is -5.87. The number of rotatable bonds is 8. The maximum Gasteiger partial charge on any atom is 0.262 e. The molecule has 5 aliphatic rings. The van der Waals surface area contributed by atoms with Gasteiger partial charge in [0, 0.05) is 62.6 Å². The standard InChI is InChI=1S/C38H41N11O5/c50-33-4-2-1-3-28(33)30-18-32-35(44-43-30)39-20-26-22-46(14-16-48(26)32)25-9-11-45(12-10-25)13-15-47-21-24(19-40-47)41-23-5-6-27-29(17-23)38(54)49(37(27)53)31-7-8-34(51)42-36(31)52/h1-6,17-19,21,25-26,31,41,50H,7-16,20,22H2,(H,39,44)(H,42,51,52). The number of amides is 4. The van der Waals surface area contributed by atoms with Crippen LogP contribution in [-0.4, -0.2) is 127 Å². The first kappa shape index (κ1) is 33.9. The van der Waals surface area contributed by atoms with Crippen molar-refractivity contribution in [2.45, 2.75) is 50.4 Å². The lowest BCUT2D eigenvalue weighted by molar-refractivity contribution is -0.136. The number of fused-ring (bicyclic) bond motifs is 4. The van der Waals surface area contributed by atoms with Crippen LogP contribution in [0.25, 0.3) is 11.3 Å². The molecule has 54 heavy (non-hydrogen) atoms. The summed E-state index contributed by atoms with van der Waals surface area (Å²) in [5.41, 5.74) is 4.24. The highest BCUT2D eigenvalue weighted by atomic mass is 16.3. The molecule has 2 aromatic carbocycles. The lowest BCUT2D eigenvalue weighted by Crippen LogP contribution is -2.61. The van der Waals surface area contributed by atoms with Crippen molar-refractivity contribution in [2.24, 2.45) is 0 Å². The number of carbonyl (C=O) groups is 4. The molecule has 0 spiro atoms. The highest BCUT2D eigenvalue weighted by Gasteiger charge is 2.44. The van der Waals surface area contributed by atoms with E-state index in [4.69, 9.17) is 0 Å². The molecule has 16 nitrogen and oxygen atoms in total. The first-order valence-corrected chi connectivity index (χ1v) is 18.6. The van der Waals surface area contributed by atoms with Gasteiger partial charge in [-0.3, -0.25) is 39.0 Å². The number of hydrogen-bond acceptors (Lipinski definition) is 13. The van der Waals surface area contributed by atoms with Gasteiger partial charge in [0.15, 0.2) is 5.82 Å². The second-order valence-electron chi connectivity index (χ2n) is 14.6. The summed E-state index contributed by atoms with van der Waals surface area (Å²) in [6.07, 6.45) is 6.09. The Morgan fingerprint density at radius 2 is 1.67 bits per heavy atom. The predicted octanol–water partition coefficient (Wildman–Crippen LogP) is 2.27. The van der Waals surface area contributed by atoms with Crippen molar-refractivity contribution in [1.82, 2.24) is 40.0 Å². The molecule has 0 aliphatic carbocycles. The number of para-hydroxylation sites is 1. The number of anilines is 4. The minimum Gasteiger partial charge on any atom is -0.507 e. The van der Waals surface area contributed by atoms with Crippen LogP contribution in [0.5, 0.6) is 5.75 Å².